The lowest BCUT2D eigenvalue weighted by molar-refractivity contribution is -0.136. The molecular weight excluding hydrogens is 422 g/mol. The lowest BCUT2D eigenvalue weighted by Crippen LogP contribution is -2.32. The molecule has 0 atom stereocenters. The summed E-state index contributed by atoms with van der Waals surface area (Å²) < 4.78 is 15.8. The summed E-state index contributed by atoms with van der Waals surface area (Å²) in [5, 5.41) is 14.9. The van der Waals surface area contributed by atoms with E-state index in [9.17, 15) is 9.59 Å². The molecule has 0 unspecified atom stereocenters. The first kappa shape index (κ1) is 21.7. The number of amides is 2. The Morgan fingerprint density at radius 3 is 2.26 bits per heavy atom. The molecule has 0 spiro atoms. The van der Waals surface area contributed by atoms with E-state index in [4.69, 9.17) is 14.2 Å². The van der Waals surface area contributed by atoms with Crippen LogP contribution in [0.3, 0.4) is 0 Å². The van der Waals surface area contributed by atoms with Crippen LogP contribution in [-0.4, -0.2) is 49.6 Å². The smallest absolute Gasteiger partial charge is 0.329 e. The van der Waals surface area contributed by atoms with E-state index in [2.05, 4.69) is 26.0 Å². The van der Waals surface area contributed by atoms with Crippen molar-refractivity contribution in [3.63, 3.8) is 0 Å². The number of hydrazone groups is 1. The van der Waals surface area contributed by atoms with Crippen LogP contribution in [0.25, 0.3) is 10.6 Å². The first-order valence-corrected chi connectivity index (χ1v) is 9.70. The van der Waals surface area contributed by atoms with E-state index >= 15 is 0 Å². The number of rotatable bonds is 7. The molecule has 0 aliphatic heterocycles. The Hall–Kier alpha value is -3.99. The van der Waals surface area contributed by atoms with Gasteiger partial charge in [0.1, 0.15) is 5.01 Å². The number of carbonyl (C=O) groups excluding carboxylic acids is 2. The largest absolute Gasteiger partial charge is 0.493 e. The molecule has 2 amide bonds. The van der Waals surface area contributed by atoms with Crippen molar-refractivity contribution in [2.45, 2.75) is 0 Å². The molecule has 10 nitrogen and oxygen atoms in total. The number of aromatic nitrogens is 2. The van der Waals surface area contributed by atoms with E-state index in [0.29, 0.717) is 27.8 Å². The number of hydrogen-bond donors (Lipinski definition) is 2. The van der Waals surface area contributed by atoms with E-state index in [1.807, 2.05) is 30.3 Å². The van der Waals surface area contributed by atoms with Gasteiger partial charge in [0.25, 0.3) is 0 Å². The molecule has 11 heteroatoms. The lowest BCUT2D eigenvalue weighted by atomic mass is 10.2. The number of carbonyl (C=O) groups is 2. The van der Waals surface area contributed by atoms with Gasteiger partial charge in [-0.2, -0.15) is 5.10 Å². The van der Waals surface area contributed by atoms with Gasteiger partial charge in [-0.25, -0.2) is 5.43 Å². The summed E-state index contributed by atoms with van der Waals surface area (Å²) in [7, 11) is 4.47. The van der Waals surface area contributed by atoms with Crippen molar-refractivity contribution in [2.75, 3.05) is 26.6 Å². The van der Waals surface area contributed by atoms with E-state index in [0.717, 1.165) is 16.9 Å². The van der Waals surface area contributed by atoms with E-state index in [1.165, 1.54) is 27.5 Å². The second-order valence-corrected chi connectivity index (χ2v) is 6.87. The number of nitrogens with one attached hydrogen (secondary N) is 2. The average molecular weight is 441 g/mol. The molecule has 0 aliphatic rings. The Balaban J connectivity index is 1.61. The third-order valence-electron chi connectivity index (χ3n) is 3.94. The normalized spacial score (nSPS) is 10.5. The summed E-state index contributed by atoms with van der Waals surface area (Å²) in [6.07, 6.45) is 1.34. The minimum atomic E-state index is -0.958. The summed E-state index contributed by atoms with van der Waals surface area (Å²) >= 11 is 1.15. The predicted molar refractivity (Wildman–Crippen MR) is 116 cm³/mol. The monoisotopic (exact) mass is 441 g/mol. The van der Waals surface area contributed by atoms with Crippen LogP contribution in [0.2, 0.25) is 0 Å². The Labute approximate surface area is 181 Å². The van der Waals surface area contributed by atoms with Crippen LogP contribution in [0.1, 0.15) is 5.56 Å². The number of nitrogens with zero attached hydrogens (tertiary/aromatic N) is 3. The second-order valence-electron chi connectivity index (χ2n) is 5.89. The van der Waals surface area contributed by atoms with Gasteiger partial charge in [0, 0.05) is 11.1 Å². The second kappa shape index (κ2) is 10.2. The zero-order chi connectivity index (χ0) is 22.2. The van der Waals surface area contributed by atoms with Crippen molar-refractivity contribution in [3.05, 3.63) is 48.0 Å². The molecule has 0 bridgehead atoms. The highest BCUT2D eigenvalue weighted by atomic mass is 32.1. The SMILES string of the molecule is COc1cc(/C=N/NC(=O)C(=O)Nc2nnc(-c3ccccc3)s2)cc(OC)c1OC. The van der Waals surface area contributed by atoms with Gasteiger partial charge in [-0.15, -0.1) is 10.2 Å². The quantitative estimate of drug-likeness (QED) is 0.328. The lowest BCUT2D eigenvalue weighted by Gasteiger charge is -2.12. The molecule has 0 radical (unpaired) electrons. The highest BCUT2D eigenvalue weighted by Gasteiger charge is 2.16. The van der Waals surface area contributed by atoms with Gasteiger partial charge in [0.15, 0.2) is 11.5 Å². The number of methoxy groups -OCH3 is 3. The molecule has 3 rings (SSSR count). The van der Waals surface area contributed by atoms with Crippen LogP contribution in [0.5, 0.6) is 17.2 Å². The topological polar surface area (TPSA) is 124 Å². The van der Waals surface area contributed by atoms with E-state index < -0.39 is 11.8 Å². The van der Waals surface area contributed by atoms with Crippen molar-refractivity contribution in [1.29, 1.82) is 0 Å². The van der Waals surface area contributed by atoms with Crippen LogP contribution in [0.15, 0.2) is 47.6 Å². The minimum Gasteiger partial charge on any atom is -0.493 e. The Kier molecular flexibility index (Phi) is 7.12. The minimum absolute atomic E-state index is 0.201. The maximum atomic E-state index is 12.1. The van der Waals surface area contributed by atoms with Crippen LogP contribution >= 0.6 is 11.3 Å². The highest BCUT2D eigenvalue weighted by Crippen LogP contribution is 2.37. The zero-order valence-electron chi connectivity index (χ0n) is 16.9. The highest BCUT2D eigenvalue weighted by molar-refractivity contribution is 7.18. The van der Waals surface area contributed by atoms with Gasteiger partial charge in [0.05, 0.1) is 27.5 Å². The first-order valence-electron chi connectivity index (χ1n) is 8.89. The van der Waals surface area contributed by atoms with Gasteiger partial charge in [-0.05, 0) is 12.1 Å². The van der Waals surface area contributed by atoms with Crippen molar-refractivity contribution >= 4 is 34.5 Å². The van der Waals surface area contributed by atoms with E-state index in [1.54, 1.807) is 12.1 Å². The molecule has 0 fully saturated rings. The first-order chi connectivity index (χ1) is 15.0. The molecule has 1 heterocycles. The van der Waals surface area contributed by atoms with Gasteiger partial charge in [0.2, 0.25) is 10.9 Å². The zero-order valence-corrected chi connectivity index (χ0v) is 17.7. The molecule has 0 saturated heterocycles. The van der Waals surface area contributed by atoms with E-state index in [-0.39, 0.29) is 5.13 Å². The third-order valence-corrected chi connectivity index (χ3v) is 4.83. The van der Waals surface area contributed by atoms with Crippen LogP contribution in [-0.2, 0) is 9.59 Å². The molecule has 0 saturated carbocycles. The Morgan fingerprint density at radius 2 is 1.65 bits per heavy atom. The molecule has 31 heavy (non-hydrogen) atoms. The van der Waals surface area contributed by atoms with Crippen LogP contribution in [0, 0.1) is 0 Å². The number of benzene rings is 2. The molecule has 3 aromatic rings. The van der Waals surface area contributed by atoms with Crippen molar-refractivity contribution in [3.8, 4) is 27.8 Å². The van der Waals surface area contributed by atoms with Gasteiger partial charge < -0.3 is 14.2 Å². The summed E-state index contributed by atoms with van der Waals surface area (Å²) in [4.78, 5) is 24.1. The third kappa shape index (κ3) is 5.34. The maximum Gasteiger partial charge on any atom is 0.329 e. The Bertz CT molecular complexity index is 1080. The van der Waals surface area contributed by atoms with Crippen molar-refractivity contribution in [1.82, 2.24) is 15.6 Å². The van der Waals surface area contributed by atoms with Crippen molar-refractivity contribution < 1.29 is 23.8 Å². The predicted octanol–water partition coefficient (Wildman–Crippen LogP) is 2.32. The number of hydrogen-bond acceptors (Lipinski definition) is 9. The molecule has 160 valence electrons. The average Bonchev–Trinajstić information content (AvgIpc) is 3.27. The number of ether oxygens (including phenoxy) is 3. The van der Waals surface area contributed by atoms with Gasteiger partial charge >= 0.3 is 11.8 Å². The molecule has 0 aliphatic carbocycles. The van der Waals surface area contributed by atoms with Gasteiger partial charge in [-0.1, -0.05) is 41.7 Å². The fourth-order valence-corrected chi connectivity index (χ4v) is 3.26. The molecular formula is C20H19N5O5S. The summed E-state index contributed by atoms with van der Waals surface area (Å²) in [6, 6.07) is 12.7. The standard InChI is InChI=1S/C20H19N5O5S/c1-28-14-9-12(10-15(29-2)16(14)30-3)11-21-23-18(27)17(26)22-20-25-24-19(31-20)13-7-5-4-6-8-13/h4-11H,1-3H3,(H,23,27)(H,22,25,26)/b21-11+. The summed E-state index contributed by atoms with van der Waals surface area (Å²) in [5.74, 6) is -0.592. The molecule has 2 N–H and O–H groups in total. The van der Waals surface area contributed by atoms with Crippen LogP contribution < -0.4 is 25.0 Å². The molecule has 1 aromatic heterocycles. The van der Waals surface area contributed by atoms with Crippen LogP contribution in [0.4, 0.5) is 5.13 Å². The fourth-order valence-electron chi connectivity index (χ4n) is 2.52. The van der Waals surface area contributed by atoms with Crippen molar-refractivity contribution in [2.24, 2.45) is 5.10 Å². The summed E-state index contributed by atoms with van der Waals surface area (Å²) in [6.45, 7) is 0. The van der Waals surface area contributed by atoms with Gasteiger partial charge in [-0.3, -0.25) is 14.9 Å². The maximum absolute atomic E-state index is 12.1. The summed E-state index contributed by atoms with van der Waals surface area (Å²) in [5.41, 5.74) is 3.58. The molecule has 2 aromatic carbocycles. The number of anilines is 1. The Morgan fingerprint density at radius 1 is 0.968 bits per heavy atom. The fraction of sp³-hybridized carbons (Fsp3) is 0.150.